The normalized spacial score (nSPS) is 14.3. The molecular weight excluding hydrogens is 322 g/mol. The molecule has 126 valence electrons. The first kappa shape index (κ1) is 16.6. The van der Waals surface area contributed by atoms with Crippen molar-refractivity contribution in [1.29, 1.82) is 5.26 Å². The highest BCUT2D eigenvalue weighted by atomic mass is 16.4. The van der Waals surface area contributed by atoms with Gasteiger partial charge in [-0.1, -0.05) is 6.07 Å². The maximum absolute atomic E-state index is 12.6. The Bertz CT molecular complexity index is 893. The van der Waals surface area contributed by atoms with Crippen molar-refractivity contribution in [2.45, 2.75) is 26.2 Å². The van der Waals surface area contributed by atoms with Crippen molar-refractivity contribution in [3.63, 3.8) is 0 Å². The lowest BCUT2D eigenvalue weighted by atomic mass is 9.92. The van der Waals surface area contributed by atoms with E-state index in [1.54, 1.807) is 31.2 Å². The van der Waals surface area contributed by atoms with E-state index in [2.05, 4.69) is 10.3 Å². The number of nitriles is 1. The molecule has 0 saturated carbocycles. The number of hydrogen-bond acceptors (Lipinski definition) is 6. The molecule has 3 rings (SSSR count). The highest BCUT2D eigenvalue weighted by Crippen LogP contribution is 2.30. The van der Waals surface area contributed by atoms with Crippen LogP contribution >= 0.6 is 0 Å². The minimum atomic E-state index is -1.58. The molecule has 1 aliphatic carbocycles. The van der Waals surface area contributed by atoms with E-state index in [1.165, 1.54) is 6.20 Å². The van der Waals surface area contributed by atoms with Gasteiger partial charge in [0.2, 0.25) is 5.78 Å². The molecule has 0 aliphatic heterocycles. The lowest BCUT2D eigenvalue weighted by Gasteiger charge is -2.08. The topological polar surface area (TPSA) is 113 Å². The molecule has 2 aromatic heterocycles. The van der Waals surface area contributed by atoms with Gasteiger partial charge in [-0.3, -0.25) is 14.4 Å². The number of anilines is 1. The van der Waals surface area contributed by atoms with E-state index < -0.39 is 17.6 Å². The Morgan fingerprint density at radius 1 is 1.36 bits per heavy atom. The van der Waals surface area contributed by atoms with E-state index in [0.717, 1.165) is 0 Å². The second-order valence-electron chi connectivity index (χ2n) is 5.76. The van der Waals surface area contributed by atoms with Gasteiger partial charge in [0.25, 0.3) is 5.91 Å². The number of hydrogen-bond donors (Lipinski definition) is 1. The van der Waals surface area contributed by atoms with Gasteiger partial charge in [0.1, 0.15) is 11.6 Å². The van der Waals surface area contributed by atoms with Crippen molar-refractivity contribution in [2.75, 3.05) is 5.32 Å². The van der Waals surface area contributed by atoms with Gasteiger partial charge in [0.05, 0.1) is 11.6 Å². The van der Waals surface area contributed by atoms with Crippen molar-refractivity contribution in [2.24, 2.45) is 5.92 Å². The Morgan fingerprint density at radius 3 is 2.80 bits per heavy atom. The maximum atomic E-state index is 12.6. The first-order valence-corrected chi connectivity index (χ1v) is 7.84. The zero-order chi connectivity index (χ0) is 18.0. The molecule has 1 N–H and O–H groups in total. The van der Waals surface area contributed by atoms with Crippen LogP contribution in [0.15, 0.2) is 28.8 Å². The first-order chi connectivity index (χ1) is 12.0. The highest BCUT2D eigenvalue weighted by Gasteiger charge is 2.35. The summed E-state index contributed by atoms with van der Waals surface area (Å²) in [7, 11) is 0. The summed E-state index contributed by atoms with van der Waals surface area (Å²) in [6, 6.07) is 6.60. The van der Waals surface area contributed by atoms with Crippen LogP contribution in [-0.4, -0.2) is 22.5 Å². The Kier molecular flexibility index (Phi) is 4.44. The molecule has 0 fully saturated rings. The predicted molar refractivity (Wildman–Crippen MR) is 87.0 cm³/mol. The first-order valence-electron chi connectivity index (χ1n) is 7.84. The number of fused-ring (bicyclic) bond motifs is 1. The monoisotopic (exact) mass is 337 g/mol. The summed E-state index contributed by atoms with van der Waals surface area (Å²) in [6.45, 7) is 1.60. The van der Waals surface area contributed by atoms with Crippen LogP contribution in [0.5, 0.6) is 0 Å². The SMILES string of the molecule is Cc1c(C(=O)[C@H](C#N)C(=O)Nc2ccccn2)oc2c1C(=O)CCC2. The number of nitrogens with zero attached hydrogens (tertiary/aromatic N) is 2. The minimum absolute atomic E-state index is 0.0759. The van der Waals surface area contributed by atoms with Gasteiger partial charge in [-0.25, -0.2) is 4.98 Å². The summed E-state index contributed by atoms with van der Waals surface area (Å²) < 4.78 is 5.54. The fourth-order valence-corrected chi connectivity index (χ4v) is 2.89. The van der Waals surface area contributed by atoms with Crippen LogP contribution in [0.3, 0.4) is 0 Å². The van der Waals surface area contributed by atoms with Gasteiger partial charge in [-0.2, -0.15) is 5.26 Å². The number of pyridine rings is 1. The zero-order valence-electron chi connectivity index (χ0n) is 13.5. The molecule has 7 nitrogen and oxygen atoms in total. The van der Waals surface area contributed by atoms with Crippen molar-refractivity contribution < 1.29 is 18.8 Å². The van der Waals surface area contributed by atoms with E-state index in [9.17, 15) is 19.6 Å². The molecular formula is C18H15N3O4. The number of Topliss-reactive ketones (excluding diaryl/α,β-unsaturated/α-hetero) is 2. The van der Waals surface area contributed by atoms with E-state index in [0.29, 0.717) is 36.1 Å². The standard InChI is InChI=1S/C18H15N3O4/c1-10-15-12(22)5-4-6-13(15)25-17(10)16(23)11(9-19)18(24)21-14-7-2-3-8-20-14/h2-3,7-8,11H,4-6H2,1H3,(H,20,21,24)/t11-/m0/s1. The molecule has 1 amide bonds. The number of furan rings is 1. The number of carbonyl (C=O) groups is 3. The molecule has 7 heteroatoms. The van der Waals surface area contributed by atoms with Gasteiger partial charge in [0, 0.05) is 24.6 Å². The third kappa shape index (κ3) is 3.06. The van der Waals surface area contributed by atoms with Gasteiger partial charge >= 0.3 is 0 Å². The Balaban J connectivity index is 1.87. The molecule has 1 aliphatic rings. The Morgan fingerprint density at radius 2 is 2.16 bits per heavy atom. The predicted octanol–water partition coefficient (Wildman–Crippen LogP) is 2.46. The minimum Gasteiger partial charge on any atom is -0.457 e. The number of rotatable bonds is 4. The molecule has 2 aromatic rings. The third-order valence-electron chi connectivity index (χ3n) is 4.10. The lowest BCUT2D eigenvalue weighted by molar-refractivity contribution is -0.117. The molecule has 2 heterocycles. The molecule has 25 heavy (non-hydrogen) atoms. The van der Waals surface area contributed by atoms with E-state index in [-0.39, 0.29) is 17.4 Å². The molecule has 0 spiro atoms. The van der Waals surface area contributed by atoms with Crippen LogP contribution in [0.1, 0.15) is 45.1 Å². The van der Waals surface area contributed by atoms with Crippen LogP contribution in [-0.2, 0) is 11.2 Å². The van der Waals surface area contributed by atoms with Gasteiger partial charge < -0.3 is 9.73 Å². The Labute approximate surface area is 143 Å². The second-order valence-corrected chi connectivity index (χ2v) is 5.76. The number of aromatic nitrogens is 1. The summed E-state index contributed by atoms with van der Waals surface area (Å²) in [5.74, 6) is -2.59. The zero-order valence-corrected chi connectivity index (χ0v) is 13.5. The largest absolute Gasteiger partial charge is 0.457 e. The van der Waals surface area contributed by atoms with Crippen LogP contribution < -0.4 is 5.32 Å². The van der Waals surface area contributed by atoms with Gasteiger partial charge in [-0.15, -0.1) is 0 Å². The van der Waals surface area contributed by atoms with E-state index >= 15 is 0 Å². The number of carbonyl (C=O) groups excluding carboxylic acids is 3. The fraction of sp³-hybridized carbons (Fsp3) is 0.278. The van der Waals surface area contributed by atoms with Gasteiger partial charge in [0.15, 0.2) is 17.5 Å². The van der Waals surface area contributed by atoms with Gasteiger partial charge in [-0.05, 0) is 25.5 Å². The van der Waals surface area contributed by atoms with Crippen molar-refractivity contribution in [3.05, 3.63) is 47.0 Å². The maximum Gasteiger partial charge on any atom is 0.251 e. The quantitative estimate of drug-likeness (QED) is 0.677. The summed E-state index contributed by atoms with van der Waals surface area (Å²) in [5, 5.41) is 11.7. The van der Waals surface area contributed by atoms with Crippen molar-refractivity contribution in [1.82, 2.24) is 4.98 Å². The number of ketones is 2. The highest BCUT2D eigenvalue weighted by molar-refractivity contribution is 6.16. The molecule has 0 aromatic carbocycles. The fourth-order valence-electron chi connectivity index (χ4n) is 2.89. The number of aryl methyl sites for hydroxylation is 1. The summed E-state index contributed by atoms with van der Waals surface area (Å²) in [4.78, 5) is 40.9. The van der Waals surface area contributed by atoms with E-state index in [1.807, 2.05) is 0 Å². The van der Waals surface area contributed by atoms with E-state index in [4.69, 9.17) is 4.42 Å². The molecule has 1 atom stereocenters. The molecule has 0 bridgehead atoms. The van der Waals surface area contributed by atoms with Crippen molar-refractivity contribution >= 4 is 23.3 Å². The Hall–Kier alpha value is -3.27. The van der Waals surface area contributed by atoms with Crippen LogP contribution in [0.25, 0.3) is 0 Å². The summed E-state index contributed by atoms with van der Waals surface area (Å²) in [6.07, 6.45) is 3.11. The average molecular weight is 337 g/mol. The lowest BCUT2D eigenvalue weighted by Crippen LogP contribution is -2.29. The molecule has 0 saturated heterocycles. The van der Waals surface area contributed by atoms with Crippen molar-refractivity contribution in [3.8, 4) is 6.07 Å². The summed E-state index contributed by atoms with van der Waals surface area (Å²) >= 11 is 0. The molecule has 0 radical (unpaired) electrons. The number of amides is 1. The van der Waals surface area contributed by atoms with Crippen LogP contribution in [0.4, 0.5) is 5.82 Å². The van der Waals surface area contributed by atoms with Crippen LogP contribution in [0, 0.1) is 24.2 Å². The second kappa shape index (κ2) is 6.69. The smallest absolute Gasteiger partial charge is 0.251 e. The summed E-state index contributed by atoms with van der Waals surface area (Å²) in [5.41, 5.74) is 0.812. The number of nitrogens with one attached hydrogen (secondary N) is 1. The molecule has 0 unspecified atom stereocenters. The average Bonchev–Trinajstić information content (AvgIpc) is 2.94. The van der Waals surface area contributed by atoms with Crippen LogP contribution in [0.2, 0.25) is 0 Å². The third-order valence-corrected chi connectivity index (χ3v) is 4.10.